The highest BCUT2D eigenvalue weighted by atomic mass is 16.7. The summed E-state index contributed by atoms with van der Waals surface area (Å²) < 4.78 is 12.3. The van der Waals surface area contributed by atoms with Crippen LogP contribution in [-0.4, -0.2) is 31.3 Å². The van der Waals surface area contributed by atoms with E-state index in [2.05, 4.69) is 93.6 Å². The summed E-state index contributed by atoms with van der Waals surface area (Å²) in [7, 11) is 4.12. The molecule has 0 saturated heterocycles. The normalized spacial score (nSPS) is 17.4. The lowest BCUT2D eigenvalue weighted by Crippen LogP contribution is -2.25. The predicted octanol–water partition coefficient (Wildman–Crippen LogP) is 15.3. The van der Waals surface area contributed by atoms with Crippen molar-refractivity contribution in [3.05, 3.63) is 158 Å². The number of hydrogen-bond donors (Lipinski definition) is 0. The van der Waals surface area contributed by atoms with E-state index in [0.29, 0.717) is 0 Å². The fraction of sp³-hybridized carbons (Fsp3) is 0.490. The molecular weight excluding hydrogens is 659 g/mol. The Labute approximate surface area is 333 Å². The van der Waals surface area contributed by atoms with Gasteiger partial charge in [0, 0.05) is 25.1 Å². The predicted molar refractivity (Wildman–Crippen MR) is 240 cm³/mol. The molecule has 0 aromatic carbocycles. The van der Waals surface area contributed by atoms with Crippen LogP contribution in [-0.2, 0) is 9.47 Å². The van der Waals surface area contributed by atoms with Crippen LogP contribution >= 0.6 is 0 Å². The van der Waals surface area contributed by atoms with E-state index in [1.807, 2.05) is 85.1 Å². The molecule has 0 fully saturated rings. The summed E-state index contributed by atoms with van der Waals surface area (Å²) in [5.41, 5.74) is 0. The van der Waals surface area contributed by atoms with Gasteiger partial charge in [0.15, 0.2) is 0 Å². The molecule has 1 heterocycles. The maximum atomic E-state index is 6.27. The van der Waals surface area contributed by atoms with Crippen LogP contribution in [0, 0.1) is 0 Å². The van der Waals surface area contributed by atoms with Crippen LogP contribution in [0.4, 0.5) is 0 Å². The van der Waals surface area contributed by atoms with Gasteiger partial charge < -0.3 is 14.4 Å². The van der Waals surface area contributed by atoms with Gasteiger partial charge in [-0.15, -0.1) is 0 Å². The number of unbranched alkanes of at least 4 members (excludes halogenated alkanes) is 16. The number of hydrogen-bond acceptors (Lipinski definition) is 3. The average Bonchev–Trinajstić information content (AvgIpc) is 3.58. The van der Waals surface area contributed by atoms with Gasteiger partial charge in [-0.2, -0.15) is 0 Å². The number of ether oxygens (including phenoxy) is 2. The fourth-order valence-corrected chi connectivity index (χ4v) is 5.60. The highest BCUT2D eigenvalue weighted by molar-refractivity contribution is 5.25. The van der Waals surface area contributed by atoms with Crippen molar-refractivity contribution in [3.8, 4) is 0 Å². The van der Waals surface area contributed by atoms with Gasteiger partial charge in [-0.3, -0.25) is 0 Å². The quantitative estimate of drug-likeness (QED) is 0.0495. The Morgan fingerprint density at radius 2 is 0.778 bits per heavy atom. The molecule has 0 unspecified atom stereocenters. The Morgan fingerprint density at radius 1 is 0.444 bits per heavy atom. The van der Waals surface area contributed by atoms with E-state index >= 15 is 0 Å². The molecule has 1 rings (SSSR count). The molecule has 0 spiro atoms. The average molecular weight is 736 g/mol. The molecule has 0 N–H and O–H groups in total. The van der Waals surface area contributed by atoms with Crippen LogP contribution in [0.3, 0.4) is 0 Å². The van der Waals surface area contributed by atoms with E-state index in [4.69, 9.17) is 9.47 Å². The van der Waals surface area contributed by atoms with E-state index in [0.717, 1.165) is 18.7 Å². The topological polar surface area (TPSA) is 21.7 Å². The molecule has 0 bridgehead atoms. The smallest absolute Gasteiger partial charge is 0.290 e. The third-order valence-electron chi connectivity index (χ3n) is 8.85. The van der Waals surface area contributed by atoms with Gasteiger partial charge in [0.25, 0.3) is 5.79 Å². The van der Waals surface area contributed by atoms with Crippen molar-refractivity contribution in [1.82, 2.24) is 4.90 Å². The molecule has 54 heavy (non-hydrogen) atoms. The Morgan fingerprint density at radius 3 is 1.15 bits per heavy atom. The molecule has 0 radical (unpaired) electrons. The molecule has 0 atom stereocenters. The summed E-state index contributed by atoms with van der Waals surface area (Å²) >= 11 is 0. The Hall–Kier alpha value is -3.82. The zero-order chi connectivity index (χ0) is 38.9. The first-order chi connectivity index (χ1) is 26.6. The minimum absolute atomic E-state index is 0.791. The Balaban J connectivity index is 2.43. The molecule has 1 aliphatic rings. The van der Waals surface area contributed by atoms with Crippen molar-refractivity contribution in [2.75, 3.05) is 20.6 Å². The lowest BCUT2D eigenvalue weighted by molar-refractivity contribution is -0.0660. The maximum absolute atomic E-state index is 6.27. The first-order valence-corrected chi connectivity index (χ1v) is 21.3. The van der Waals surface area contributed by atoms with Gasteiger partial charge in [-0.25, -0.2) is 0 Å². The van der Waals surface area contributed by atoms with Crippen LogP contribution in [0.5, 0.6) is 0 Å². The van der Waals surface area contributed by atoms with Crippen LogP contribution in [0.2, 0.25) is 0 Å². The van der Waals surface area contributed by atoms with Gasteiger partial charge in [-0.1, -0.05) is 237 Å². The molecule has 0 saturated carbocycles. The molecule has 0 aromatic rings. The maximum Gasteiger partial charge on any atom is 0.290 e. The van der Waals surface area contributed by atoms with Crippen molar-refractivity contribution in [3.63, 3.8) is 0 Å². The van der Waals surface area contributed by atoms with Gasteiger partial charge in [-0.05, 0) is 39.8 Å². The lowest BCUT2D eigenvalue weighted by Gasteiger charge is -2.21. The molecule has 0 aromatic heterocycles. The van der Waals surface area contributed by atoms with Gasteiger partial charge in [0.1, 0.15) is 12.0 Å². The molecule has 3 heteroatoms. The summed E-state index contributed by atoms with van der Waals surface area (Å²) in [5, 5.41) is 0. The van der Waals surface area contributed by atoms with Gasteiger partial charge in [0.05, 0.1) is 0 Å². The van der Waals surface area contributed by atoms with Crippen molar-refractivity contribution in [2.24, 2.45) is 0 Å². The first kappa shape index (κ1) is 48.2. The summed E-state index contributed by atoms with van der Waals surface area (Å²) in [4.78, 5) is 2.14. The largest absolute Gasteiger partial charge is 0.450 e. The van der Waals surface area contributed by atoms with E-state index in [-0.39, 0.29) is 0 Å². The fourth-order valence-electron chi connectivity index (χ4n) is 5.60. The lowest BCUT2D eigenvalue weighted by atomic mass is 10.1. The van der Waals surface area contributed by atoms with E-state index in [1.54, 1.807) is 6.26 Å². The summed E-state index contributed by atoms with van der Waals surface area (Å²) in [5.74, 6) is -0.115. The second kappa shape index (κ2) is 37.5. The van der Waals surface area contributed by atoms with Crippen LogP contribution < -0.4 is 0 Å². The first-order valence-electron chi connectivity index (χ1n) is 21.3. The highest BCUT2D eigenvalue weighted by Gasteiger charge is 2.33. The molecule has 0 amide bonds. The zero-order valence-electron chi connectivity index (χ0n) is 34.8. The number of nitrogens with zero attached hydrogens (tertiary/aromatic N) is 1. The Kier molecular flexibility index (Phi) is 33.5. The standard InChI is InChI=1S/C51H77NO2/c1-5-7-9-11-13-15-17-19-21-23-25-27-29-31-33-35-37-39-41-43-46-51(53-49-50(54-51)45-48-52(3)4)47-44-42-40-38-36-34-32-30-28-26-24-22-20-18-16-14-12-10-8-6-2/h23-44,46-47,49H,5-22,45,48H2,1-4H3. The highest BCUT2D eigenvalue weighted by Crippen LogP contribution is 2.30. The third kappa shape index (κ3) is 31.7. The number of allylic oxidation sites excluding steroid dienone is 22. The van der Waals surface area contributed by atoms with Crippen molar-refractivity contribution in [1.29, 1.82) is 0 Å². The van der Waals surface area contributed by atoms with Crippen LogP contribution in [0.15, 0.2) is 158 Å². The molecule has 3 nitrogen and oxygen atoms in total. The van der Waals surface area contributed by atoms with E-state index in [1.165, 1.54) is 116 Å². The van der Waals surface area contributed by atoms with Crippen molar-refractivity contribution < 1.29 is 9.47 Å². The van der Waals surface area contributed by atoms with Crippen LogP contribution in [0.25, 0.3) is 0 Å². The zero-order valence-corrected chi connectivity index (χ0v) is 34.8. The van der Waals surface area contributed by atoms with Gasteiger partial charge in [0.2, 0.25) is 0 Å². The Bertz CT molecular complexity index is 1190. The summed E-state index contributed by atoms with van der Waals surface area (Å²) in [6.45, 7) is 5.45. The molecular formula is C51H77NO2. The number of rotatable bonds is 33. The van der Waals surface area contributed by atoms with Crippen molar-refractivity contribution >= 4 is 0 Å². The summed E-state index contributed by atoms with van der Waals surface area (Å²) in [6, 6.07) is 0. The second-order valence-electron chi connectivity index (χ2n) is 14.3. The second-order valence-corrected chi connectivity index (χ2v) is 14.3. The summed E-state index contributed by atoms with van der Waals surface area (Å²) in [6.07, 6.45) is 76.0. The third-order valence-corrected chi connectivity index (χ3v) is 8.85. The molecule has 0 aliphatic carbocycles. The minimum Gasteiger partial charge on any atom is -0.450 e. The SMILES string of the molecule is CCCCCCCCCCC=CC=CC=CC=CC=CC=CC1(C=CC=CC=CC=CC=CC=CCCCCCCCCCC)OC=C(CCN(C)C)O1. The van der Waals surface area contributed by atoms with Crippen molar-refractivity contribution in [2.45, 2.75) is 142 Å². The van der Waals surface area contributed by atoms with Crippen LogP contribution in [0.1, 0.15) is 136 Å². The monoisotopic (exact) mass is 736 g/mol. The molecule has 1 aliphatic heterocycles. The minimum atomic E-state index is -0.956. The van der Waals surface area contributed by atoms with E-state index in [9.17, 15) is 0 Å². The molecule has 298 valence electrons. The van der Waals surface area contributed by atoms with E-state index < -0.39 is 5.79 Å². The van der Waals surface area contributed by atoms with Gasteiger partial charge >= 0.3 is 0 Å².